The van der Waals surface area contributed by atoms with Crippen molar-refractivity contribution < 1.29 is 14.0 Å². The molecule has 4 nitrogen and oxygen atoms in total. The maximum atomic E-state index is 13.0. The summed E-state index contributed by atoms with van der Waals surface area (Å²) in [6, 6.07) is 16.9. The molecule has 0 atom stereocenters. The molecule has 2 amide bonds. The Labute approximate surface area is 160 Å². The largest absolute Gasteiger partial charge is 0.326 e. The summed E-state index contributed by atoms with van der Waals surface area (Å²) in [5, 5.41) is 5.71. The van der Waals surface area contributed by atoms with E-state index in [1.807, 2.05) is 6.07 Å². The molecule has 1 aliphatic carbocycles. The molecule has 6 heteroatoms. The average Bonchev–Trinajstić information content (AvgIpc) is 3.41. The van der Waals surface area contributed by atoms with Crippen LogP contribution >= 0.6 is 11.3 Å². The van der Waals surface area contributed by atoms with E-state index in [9.17, 15) is 14.0 Å². The van der Waals surface area contributed by atoms with Crippen molar-refractivity contribution in [2.45, 2.75) is 12.8 Å². The van der Waals surface area contributed by atoms with Gasteiger partial charge in [-0.2, -0.15) is 0 Å². The van der Waals surface area contributed by atoms with Crippen molar-refractivity contribution in [2.24, 2.45) is 5.92 Å². The van der Waals surface area contributed by atoms with E-state index in [-0.39, 0.29) is 23.5 Å². The normalized spacial score (nSPS) is 13.2. The van der Waals surface area contributed by atoms with Gasteiger partial charge in [-0.1, -0.05) is 12.1 Å². The van der Waals surface area contributed by atoms with Crippen molar-refractivity contribution in [1.29, 1.82) is 0 Å². The number of thiophene rings is 1. The van der Waals surface area contributed by atoms with Crippen molar-refractivity contribution >= 4 is 34.5 Å². The molecule has 3 aromatic rings. The number of amides is 2. The molecule has 0 unspecified atom stereocenters. The van der Waals surface area contributed by atoms with E-state index in [0.29, 0.717) is 10.6 Å². The molecule has 0 saturated heterocycles. The number of nitrogens with one attached hydrogen (secondary N) is 2. The van der Waals surface area contributed by atoms with Gasteiger partial charge in [0, 0.05) is 22.2 Å². The molecule has 27 heavy (non-hydrogen) atoms. The minimum atomic E-state index is -0.287. The maximum Gasteiger partial charge on any atom is 0.265 e. The van der Waals surface area contributed by atoms with Crippen LogP contribution in [0.5, 0.6) is 0 Å². The van der Waals surface area contributed by atoms with Crippen LogP contribution in [0.1, 0.15) is 22.5 Å². The van der Waals surface area contributed by atoms with E-state index >= 15 is 0 Å². The third-order valence-electron chi connectivity index (χ3n) is 4.32. The standard InChI is InChI=1S/C21H17FN2O2S/c22-15-5-3-13(4-6-15)18-11-12-19(27-18)21(26)24-17-9-7-16(8-10-17)23-20(25)14-1-2-14/h3-12,14H,1-2H2,(H,23,25)(H,24,26). The summed E-state index contributed by atoms with van der Waals surface area (Å²) in [7, 11) is 0. The van der Waals surface area contributed by atoms with E-state index in [4.69, 9.17) is 0 Å². The van der Waals surface area contributed by atoms with E-state index in [1.54, 1.807) is 42.5 Å². The third kappa shape index (κ3) is 4.23. The van der Waals surface area contributed by atoms with Crippen LogP contribution in [0.4, 0.5) is 15.8 Å². The summed E-state index contributed by atoms with van der Waals surface area (Å²) >= 11 is 1.35. The number of carbonyl (C=O) groups is 2. The van der Waals surface area contributed by atoms with Crippen molar-refractivity contribution in [3.63, 3.8) is 0 Å². The second-order valence-electron chi connectivity index (χ2n) is 6.47. The lowest BCUT2D eigenvalue weighted by molar-refractivity contribution is -0.117. The first-order chi connectivity index (χ1) is 13.1. The fourth-order valence-electron chi connectivity index (χ4n) is 2.65. The summed E-state index contributed by atoms with van der Waals surface area (Å²) < 4.78 is 13.0. The van der Waals surface area contributed by atoms with Gasteiger partial charge in [0.2, 0.25) is 5.91 Å². The molecular weight excluding hydrogens is 363 g/mol. The van der Waals surface area contributed by atoms with Gasteiger partial charge in [-0.15, -0.1) is 11.3 Å². The van der Waals surface area contributed by atoms with Crippen LogP contribution in [0.2, 0.25) is 0 Å². The quantitative estimate of drug-likeness (QED) is 0.643. The van der Waals surface area contributed by atoms with Gasteiger partial charge < -0.3 is 10.6 Å². The lowest BCUT2D eigenvalue weighted by Crippen LogP contribution is -2.13. The van der Waals surface area contributed by atoms with Crippen molar-refractivity contribution in [2.75, 3.05) is 10.6 Å². The van der Waals surface area contributed by atoms with E-state index in [2.05, 4.69) is 10.6 Å². The van der Waals surface area contributed by atoms with Crippen LogP contribution in [0, 0.1) is 11.7 Å². The Balaban J connectivity index is 1.40. The third-order valence-corrected chi connectivity index (χ3v) is 5.45. The number of rotatable bonds is 5. The Hall–Kier alpha value is -2.99. The lowest BCUT2D eigenvalue weighted by atomic mass is 10.2. The highest BCUT2D eigenvalue weighted by Crippen LogP contribution is 2.31. The molecule has 136 valence electrons. The summed E-state index contributed by atoms with van der Waals surface area (Å²) in [4.78, 5) is 25.7. The highest BCUT2D eigenvalue weighted by molar-refractivity contribution is 7.17. The maximum absolute atomic E-state index is 13.0. The van der Waals surface area contributed by atoms with Crippen molar-refractivity contribution in [1.82, 2.24) is 0 Å². The number of halogens is 1. The fraction of sp³-hybridized carbons (Fsp3) is 0.143. The predicted molar refractivity (Wildman–Crippen MR) is 105 cm³/mol. The van der Waals surface area contributed by atoms with Gasteiger partial charge in [-0.05, 0) is 66.9 Å². The Morgan fingerprint density at radius 1 is 0.852 bits per heavy atom. The van der Waals surface area contributed by atoms with Crippen LogP contribution in [0.25, 0.3) is 10.4 Å². The highest BCUT2D eigenvalue weighted by Gasteiger charge is 2.29. The highest BCUT2D eigenvalue weighted by atomic mass is 32.1. The molecule has 2 aromatic carbocycles. The zero-order valence-electron chi connectivity index (χ0n) is 14.4. The Morgan fingerprint density at radius 3 is 2.11 bits per heavy atom. The molecule has 0 spiro atoms. The van der Waals surface area contributed by atoms with E-state index in [0.717, 1.165) is 29.0 Å². The van der Waals surface area contributed by atoms with Gasteiger partial charge in [-0.25, -0.2) is 4.39 Å². The minimum Gasteiger partial charge on any atom is -0.326 e. The lowest BCUT2D eigenvalue weighted by Gasteiger charge is -2.07. The fourth-order valence-corrected chi connectivity index (χ4v) is 3.56. The molecule has 1 saturated carbocycles. The molecule has 0 aliphatic heterocycles. The number of hydrogen-bond acceptors (Lipinski definition) is 3. The Morgan fingerprint density at radius 2 is 1.48 bits per heavy atom. The van der Waals surface area contributed by atoms with Gasteiger partial charge >= 0.3 is 0 Å². The molecule has 1 fully saturated rings. The number of hydrogen-bond donors (Lipinski definition) is 2. The second-order valence-corrected chi connectivity index (χ2v) is 7.55. The summed E-state index contributed by atoms with van der Waals surface area (Å²) in [6.45, 7) is 0. The predicted octanol–water partition coefficient (Wildman–Crippen LogP) is 5.16. The molecule has 2 N–H and O–H groups in total. The first-order valence-electron chi connectivity index (χ1n) is 8.66. The van der Waals surface area contributed by atoms with Crippen molar-refractivity contribution in [3.05, 3.63) is 71.4 Å². The van der Waals surface area contributed by atoms with Gasteiger partial charge in [0.15, 0.2) is 0 Å². The van der Waals surface area contributed by atoms with E-state index < -0.39 is 0 Å². The monoisotopic (exact) mass is 380 g/mol. The van der Waals surface area contributed by atoms with Crippen molar-refractivity contribution in [3.8, 4) is 10.4 Å². The van der Waals surface area contributed by atoms with E-state index in [1.165, 1.54) is 23.5 Å². The summed E-state index contributed by atoms with van der Waals surface area (Å²) in [5.74, 6) is -0.287. The zero-order chi connectivity index (χ0) is 18.8. The Kier molecular flexibility index (Phi) is 4.73. The number of anilines is 2. The smallest absolute Gasteiger partial charge is 0.265 e. The van der Waals surface area contributed by atoms with Crippen LogP contribution in [-0.2, 0) is 4.79 Å². The first-order valence-corrected chi connectivity index (χ1v) is 9.48. The van der Waals surface area contributed by atoms with Crippen LogP contribution in [-0.4, -0.2) is 11.8 Å². The second kappa shape index (κ2) is 7.32. The van der Waals surface area contributed by atoms with Crippen LogP contribution in [0.3, 0.4) is 0 Å². The van der Waals surface area contributed by atoms with Gasteiger partial charge in [-0.3, -0.25) is 9.59 Å². The first kappa shape index (κ1) is 17.4. The summed E-state index contributed by atoms with van der Waals surface area (Å²) in [6.07, 6.45) is 1.92. The Bertz CT molecular complexity index is 976. The molecular formula is C21H17FN2O2S. The SMILES string of the molecule is O=C(Nc1ccc(NC(=O)C2CC2)cc1)c1ccc(-c2ccc(F)cc2)s1. The molecule has 1 heterocycles. The molecule has 0 bridgehead atoms. The molecule has 0 radical (unpaired) electrons. The zero-order valence-corrected chi connectivity index (χ0v) is 15.2. The minimum absolute atomic E-state index is 0.0543. The van der Waals surface area contributed by atoms with Crippen LogP contribution in [0.15, 0.2) is 60.7 Å². The molecule has 1 aliphatic rings. The summed E-state index contributed by atoms with van der Waals surface area (Å²) in [5.41, 5.74) is 2.25. The number of carbonyl (C=O) groups excluding carboxylic acids is 2. The average molecular weight is 380 g/mol. The topological polar surface area (TPSA) is 58.2 Å². The van der Waals surface area contributed by atoms with Gasteiger partial charge in [0.25, 0.3) is 5.91 Å². The van der Waals surface area contributed by atoms with Crippen LogP contribution < -0.4 is 10.6 Å². The van der Waals surface area contributed by atoms with Gasteiger partial charge in [0.05, 0.1) is 4.88 Å². The molecule has 1 aromatic heterocycles. The van der Waals surface area contributed by atoms with Gasteiger partial charge in [0.1, 0.15) is 5.82 Å². The number of benzene rings is 2. The molecule has 4 rings (SSSR count).